The van der Waals surface area contributed by atoms with E-state index in [0.29, 0.717) is 22.8 Å². The summed E-state index contributed by atoms with van der Waals surface area (Å²) in [5.41, 5.74) is -1.29. The van der Waals surface area contributed by atoms with Crippen molar-refractivity contribution in [2.24, 2.45) is 0 Å². The predicted molar refractivity (Wildman–Crippen MR) is 161 cm³/mol. The van der Waals surface area contributed by atoms with E-state index in [-0.39, 0.29) is 51.9 Å². The van der Waals surface area contributed by atoms with Crippen LogP contribution in [0.1, 0.15) is 37.8 Å². The Morgan fingerprint density at radius 2 is 1.88 bits per heavy atom. The average Bonchev–Trinajstić information content (AvgIpc) is 3.72. The molecular weight excluding hydrogens is 654 g/mol. The molecule has 2 heterocycles. The van der Waals surface area contributed by atoms with Gasteiger partial charge in [0.25, 0.3) is 21.3 Å². The fraction of sp³-hybridized carbons (Fsp3) is 0.269. The van der Waals surface area contributed by atoms with Crippen LogP contribution in [0.25, 0.3) is 16.6 Å². The van der Waals surface area contributed by atoms with Crippen molar-refractivity contribution in [2.45, 2.75) is 39.2 Å². The molecule has 2 aromatic heterocycles. The molecule has 40 heavy (non-hydrogen) atoms. The van der Waals surface area contributed by atoms with Gasteiger partial charge in [0.1, 0.15) is 17.0 Å². The molecule has 210 valence electrons. The van der Waals surface area contributed by atoms with Crippen LogP contribution < -0.4 is 31.6 Å². The van der Waals surface area contributed by atoms with Crippen LogP contribution in [0.2, 0.25) is 0 Å². The monoisotopic (exact) mass is 680 g/mol. The maximum atomic E-state index is 14.7. The highest BCUT2D eigenvalue weighted by atomic mass is 127. The molecule has 0 amide bonds. The van der Waals surface area contributed by atoms with Crippen molar-refractivity contribution >= 4 is 60.9 Å². The molecule has 0 saturated heterocycles. The number of rotatable bonds is 9. The zero-order valence-electron chi connectivity index (χ0n) is 21.5. The van der Waals surface area contributed by atoms with Gasteiger partial charge in [-0.1, -0.05) is 13.0 Å². The summed E-state index contributed by atoms with van der Waals surface area (Å²) in [5.74, 6) is -0.645. The number of hydrogen-bond donors (Lipinski definition) is 4. The number of aryl methyl sites for hydroxylation is 1. The Kier molecular flexibility index (Phi) is 7.58. The quantitative estimate of drug-likeness (QED) is 0.199. The molecule has 11 nitrogen and oxygen atoms in total. The summed E-state index contributed by atoms with van der Waals surface area (Å²) in [6.45, 7) is 3.55. The first-order valence-corrected chi connectivity index (χ1v) is 15.1. The van der Waals surface area contributed by atoms with E-state index in [1.54, 1.807) is 18.2 Å². The van der Waals surface area contributed by atoms with Crippen molar-refractivity contribution in [2.75, 3.05) is 16.6 Å². The first kappa shape index (κ1) is 28.0. The summed E-state index contributed by atoms with van der Waals surface area (Å²) in [4.78, 5) is 43.3. The van der Waals surface area contributed by atoms with Gasteiger partial charge < -0.3 is 10.3 Å². The largest absolute Gasteiger partial charge is 0.339 e. The number of anilines is 3. The summed E-state index contributed by atoms with van der Waals surface area (Å²) in [5, 5.41) is 2.83. The summed E-state index contributed by atoms with van der Waals surface area (Å²) >= 11 is 1.97. The maximum absolute atomic E-state index is 14.7. The fourth-order valence-corrected chi connectivity index (χ4v) is 5.87. The van der Waals surface area contributed by atoms with Gasteiger partial charge in [0.15, 0.2) is 0 Å². The molecule has 0 radical (unpaired) electrons. The molecule has 14 heteroatoms. The van der Waals surface area contributed by atoms with E-state index < -0.39 is 32.8 Å². The molecule has 0 spiro atoms. The minimum Gasteiger partial charge on any atom is -0.339 e. The number of benzene rings is 2. The summed E-state index contributed by atoms with van der Waals surface area (Å²) < 4.78 is 47.5. The molecule has 2 aromatic carbocycles. The Morgan fingerprint density at radius 3 is 2.55 bits per heavy atom. The van der Waals surface area contributed by atoms with Crippen LogP contribution in [0.3, 0.4) is 0 Å². The van der Waals surface area contributed by atoms with Gasteiger partial charge in [-0.2, -0.15) is 13.1 Å². The standard InChI is InChI=1S/C26H26FIN6O5S/c1-3-11-29-40(38,39)32-16-5-4-6-18(13-16)33-22-14(2)24(35)31-23(30-20-10-7-15(28)12-19(20)27)21(22)25(36)34(26(33)37)17-8-9-17/h4-7,10,12-13,17,29,32H,3,8-9,11H2,1-2H3,(H2,30,31,35). The van der Waals surface area contributed by atoms with E-state index in [2.05, 4.69) is 19.7 Å². The van der Waals surface area contributed by atoms with Crippen molar-refractivity contribution in [1.82, 2.24) is 18.8 Å². The second kappa shape index (κ2) is 10.8. The summed E-state index contributed by atoms with van der Waals surface area (Å²) in [7, 11) is -3.87. The molecule has 0 atom stereocenters. The van der Waals surface area contributed by atoms with Gasteiger partial charge in [-0.05, 0) is 85.2 Å². The zero-order valence-corrected chi connectivity index (χ0v) is 24.5. The normalized spacial score (nSPS) is 13.5. The van der Waals surface area contributed by atoms with E-state index in [1.807, 2.05) is 29.5 Å². The fourth-order valence-electron chi connectivity index (χ4n) is 4.43. The van der Waals surface area contributed by atoms with Gasteiger partial charge in [-0.3, -0.25) is 23.4 Å². The predicted octanol–water partition coefficient (Wildman–Crippen LogP) is 3.63. The van der Waals surface area contributed by atoms with E-state index >= 15 is 0 Å². The lowest BCUT2D eigenvalue weighted by Crippen LogP contribution is -2.40. The van der Waals surface area contributed by atoms with Crippen molar-refractivity contribution in [1.29, 1.82) is 0 Å². The molecule has 0 bridgehead atoms. The Morgan fingerprint density at radius 1 is 1.12 bits per heavy atom. The molecule has 0 unspecified atom stereocenters. The molecule has 4 N–H and O–H groups in total. The van der Waals surface area contributed by atoms with Gasteiger partial charge in [-0.15, -0.1) is 0 Å². The van der Waals surface area contributed by atoms with Gasteiger partial charge in [0, 0.05) is 21.7 Å². The maximum Gasteiger partial charge on any atom is 0.336 e. The van der Waals surface area contributed by atoms with Crippen LogP contribution in [0.5, 0.6) is 0 Å². The molecule has 1 fully saturated rings. The molecule has 0 aliphatic heterocycles. The minimum atomic E-state index is -3.87. The Hall–Kier alpha value is -3.50. The van der Waals surface area contributed by atoms with Gasteiger partial charge >= 0.3 is 5.69 Å². The molecular formula is C26H26FIN6O5S. The van der Waals surface area contributed by atoms with Gasteiger partial charge in [0.05, 0.1) is 22.6 Å². The SMILES string of the molecule is CCCNS(=O)(=O)Nc1cccc(-n2c(=O)n(C3CC3)c(=O)c3c(Nc4ccc(I)cc4F)[nH]c(=O)c(C)c32)c1. The van der Waals surface area contributed by atoms with Crippen molar-refractivity contribution in [3.8, 4) is 5.69 Å². The van der Waals surface area contributed by atoms with E-state index in [0.717, 1.165) is 4.57 Å². The van der Waals surface area contributed by atoms with Crippen LogP contribution >= 0.6 is 22.6 Å². The third-order valence-electron chi connectivity index (χ3n) is 6.48. The smallest absolute Gasteiger partial charge is 0.336 e. The highest BCUT2D eigenvalue weighted by Crippen LogP contribution is 2.34. The van der Waals surface area contributed by atoms with E-state index in [4.69, 9.17) is 0 Å². The topological polar surface area (TPSA) is 147 Å². The first-order valence-electron chi connectivity index (χ1n) is 12.5. The van der Waals surface area contributed by atoms with Crippen LogP contribution in [-0.4, -0.2) is 29.1 Å². The number of hydrogen-bond acceptors (Lipinski definition) is 6. The second-order valence-electron chi connectivity index (χ2n) is 9.50. The highest BCUT2D eigenvalue weighted by molar-refractivity contribution is 14.1. The van der Waals surface area contributed by atoms with Crippen molar-refractivity contribution < 1.29 is 12.8 Å². The zero-order chi connectivity index (χ0) is 28.8. The third-order valence-corrected chi connectivity index (χ3v) is 8.24. The lowest BCUT2D eigenvalue weighted by Gasteiger charge is -2.19. The summed E-state index contributed by atoms with van der Waals surface area (Å²) in [6, 6.07) is 10.2. The second-order valence-corrected chi connectivity index (χ2v) is 12.2. The number of nitrogens with one attached hydrogen (secondary N) is 4. The molecule has 1 aliphatic carbocycles. The minimum absolute atomic E-state index is 0.00264. The number of H-pyrrole nitrogens is 1. The number of aromatic nitrogens is 3. The van der Waals surface area contributed by atoms with Crippen LogP contribution in [-0.2, 0) is 10.2 Å². The number of nitrogens with zero attached hydrogens (tertiary/aromatic N) is 2. The summed E-state index contributed by atoms with van der Waals surface area (Å²) in [6.07, 6.45) is 1.85. The van der Waals surface area contributed by atoms with E-state index in [9.17, 15) is 27.2 Å². The number of fused-ring (bicyclic) bond motifs is 1. The lowest BCUT2D eigenvalue weighted by molar-refractivity contribution is 0.586. The number of halogens is 2. The van der Waals surface area contributed by atoms with Gasteiger partial charge in [0.2, 0.25) is 0 Å². The van der Waals surface area contributed by atoms with Crippen LogP contribution in [0.4, 0.5) is 21.6 Å². The Balaban J connectivity index is 1.77. The van der Waals surface area contributed by atoms with Crippen LogP contribution in [0, 0.1) is 16.3 Å². The number of pyridine rings is 1. The van der Waals surface area contributed by atoms with Crippen molar-refractivity contribution in [3.05, 3.63) is 88.6 Å². The van der Waals surface area contributed by atoms with Crippen molar-refractivity contribution in [3.63, 3.8) is 0 Å². The average molecular weight is 681 g/mol. The Labute approximate surface area is 241 Å². The van der Waals surface area contributed by atoms with Gasteiger partial charge in [-0.25, -0.2) is 9.18 Å². The lowest BCUT2D eigenvalue weighted by atomic mass is 10.1. The molecule has 1 aliphatic rings. The first-order chi connectivity index (χ1) is 19.0. The number of aromatic amines is 1. The molecule has 5 rings (SSSR count). The molecule has 4 aromatic rings. The Bertz CT molecular complexity index is 1930. The molecule has 1 saturated carbocycles. The van der Waals surface area contributed by atoms with E-state index in [1.165, 1.54) is 35.8 Å². The van der Waals surface area contributed by atoms with Crippen LogP contribution in [0.15, 0.2) is 56.8 Å². The highest BCUT2D eigenvalue weighted by Gasteiger charge is 2.31. The third kappa shape index (κ3) is 5.42.